The minimum absolute atomic E-state index is 0.0278. The van der Waals surface area contributed by atoms with E-state index < -0.39 is 20.0 Å². The molecule has 2 atom stereocenters. The number of nitrogens with zero attached hydrogens (tertiary/aromatic N) is 1. The summed E-state index contributed by atoms with van der Waals surface area (Å²) < 4.78 is 28.0. The van der Waals surface area contributed by atoms with Crippen LogP contribution in [0.3, 0.4) is 0 Å². The molecule has 0 aromatic heterocycles. The minimum atomic E-state index is -3.91. The number of nitro benzene ring substituents is 1. The highest BCUT2D eigenvalue weighted by Gasteiger charge is 2.35. The number of hydrogen-bond acceptors (Lipinski definition) is 5. The summed E-state index contributed by atoms with van der Waals surface area (Å²) in [5, 5.41) is 16.0. The van der Waals surface area contributed by atoms with Crippen molar-refractivity contribution in [3.05, 3.63) is 128 Å². The third-order valence-electron chi connectivity index (χ3n) is 7.67. The van der Waals surface area contributed by atoms with Crippen molar-refractivity contribution in [2.24, 2.45) is 0 Å². The standard InChI is InChI=1S/C31H26N2O4S/c1-20-10-12-22(19-31(20)33(34)35)38(36,37)23-17-28-26-13-11-21-7-4-5-8-24(21)25(26)14-15-27(28)29(18-23)30-9-3-2-6-16-32-30/h2-10,12-17,19,23,29,32H,11,18H2,1H3. The molecule has 190 valence electrons. The average Bonchev–Trinajstić information content (AvgIpc) is 3.21. The lowest BCUT2D eigenvalue weighted by Gasteiger charge is -2.30. The van der Waals surface area contributed by atoms with Gasteiger partial charge in [0.05, 0.1) is 15.1 Å². The molecule has 6 nitrogen and oxygen atoms in total. The Hall–Kier alpha value is -4.23. The van der Waals surface area contributed by atoms with E-state index in [1.807, 2.05) is 48.7 Å². The number of allylic oxidation sites excluding steroid dienone is 5. The Morgan fingerprint density at radius 2 is 1.82 bits per heavy atom. The van der Waals surface area contributed by atoms with Gasteiger partial charge >= 0.3 is 0 Å². The molecule has 0 saturated carbocycles. The molecule has 6 rings (SSSR count). The van der Waals surface area contributed by atoms with Crippen LogP contribution in [-0.2, 0) is 16.3 Å². The molecule has 1 aliphatic heterocycles. The summed E-state index contributed by atoms with van der Waals surface area (Å²) in [5.74, 6) is -0.196. The minimum Gasteiger partial charge on any atom is -0.364 e. The molecular weight excluding hydrogens is 496 g/mol. The molecule has 7 heteroatoms. The summed E-state index contributed by atoms with van der Waals surface area (Å²) in [6.07, 6.45) is 14.7. The molecule has 3 aliphatic rings. The topological polar surface area (TPSA) is 89.3 Å². The van der Waals surface area contributed by atoms with E-state index in [4.69, 9.17) is 0 Å². The number of hydrogen-bond donors (Lipinski definition) is 1. The van der Waals surface area contributed by atoms with Gasteiger partial charge in [0.2, 0.25) is 0 Å². The fourth-order valence-corrected chi connectivity index (χ4v) is 7.36. The van der Waals surface area contributed by atoms with Gasteiger partial charge in [0, 0.05) is 29.4 Å². The zero-order valence-corrected chi connectivity index (χ0v) is 21.6. The van der Waals surface area contributed by atoms with Gasteiger partial charge in [-0.25, -0.2) is 8.42 Å². The largest absolute Gasteiger partial charge is 0.364 e. The quantitative estimate of drug-likeness (QED) is 0.400. The maximum absolute atomic E-state index is 14.0. The first-order chi connectivity index (χ1) is 18.3. The van der Waals surface area contributed by atoms with E-state index in [1.54, 1.807) is 6.92 Å². The highest BCUT2D eigenvalue weighted by Crippen LogP contribution is 2.36. The van der Waals surface area contributed by atoms with Crippen LogP contribution >= 0.6 is 0 Å². The summed E-state index contributed by atoms with van der Waals surface area (Å²) in [6, 6.07) is 16.7. The normalized spacial score (nSPS) is 19.4. The fraction of sp³-hybridized carbons (Fsp3) is 0.161. The fourth-order valence-electron chi connectivity index (χ4n) is 5.72. The highest BCUT2D eigenvalue weighted by atomic mass is 32.2. The van der Waals surface area contributed by atoms with Gasteiger partial charge in [-0.15, -0.1) is 0 Å². The van der Waals surface area contributed by atoms with Crippen LogP contribution in [0.2, 0.25) is 0 Å². The first-order valence-corrected chi connectivity index (χ1v) is 14.1. The van der Waals surface area contributed by atoms with Crippen LogP contribution in [0, 0.1) is 17.0 Å². The predicted molar refractivity (Wildman–Crippen MR) is 149 cm³/mol. The van der Waals surface area contributed by atoms with Gasteiger partial charge in [0.1, 0.15) is 0 Å². The molecule has 0 bridgehead atoms. The van der Waals surface area contributed by atoms with Crippen LogP contribution in [0.25, 0.3) is 23.3 Å². The van der Waals surface area contributed by atoms with Crippen molar-refractivity contribution < 1.29 is 13.3 Å². The van der Waals surface area contributed by atoms with Crippen molar-refractivity contribution in [1.29, 1.82) is 0 Å². The number of nitrogens with one attached hydrogen (secondary N) is 1. The maximum Gasteiger partial charge on any atom is 0.273 e. The summed E-state index contributed by atoms with van der Waals surface area (Å²) in [6.45, 7) is 1.61. The van der Waals surface area contributed by atoms with E-state index in [1.165, 1.54) is 23.8 Å². The van der Waals surface area contributed by atoms with Gasteiger partial charge in [0.25, 0.3) is 5.69 Å². The lowest BCUT2D eigenvalue weighted by molar-refractivity contribution is -0.385. The first kappa shape index (κ1) is 24.1. The third-order valence-corrected chi connectivity index (χ3v) is 9.71. The van der Waals surface area contributed by atoms with E-state index in [9.17, 15) is 18.5 Å². The highest BCUT2D eigenvalue weighted by molar-refractivity contribution is 7.92. The van der Waals surface area contributed by atoms with Crippen molar-refractivity contribution >= 4 is 27.7 Å². The van der Waals surface area contributed by atoms with Gasteiger partial charge in [-0.3, -0.25) is 10.1 Å². The van der Waals surface area contributed by atoms with E-state index in [0.717, 1.165) is 39.2 Å². The predicted octanol–water partition coefficient (Wildman–Crippen LogP) is 4.57. The second-order valence-corrected chi connectivity index (χ2v) is 12.0. The second-order valence-electron chi connectivity index (χ2n) is 9.85. The van der Waals surface area contributed by atoms with Gasteiger partial charge in [-0.2, -0.15) is 0 Å². The molecule has 0 saturated heterocycles. The van der Waals surface area contributed by atoms with Crippen LogP contribution in [0.5, 0.6) is 0 Å². The summed E-state index contributed by atoms with van der Waals surface area (Å²) in [5.41, 5.74) is 5.72. The molecule has 2 aliphatic carbocycles. The Morgan fingerprint density at radius 3 is 2.66 bits per heavy atom. The molecule has 1 heterocycles. The molecule has 0 radical (unpaired) electrons. The van der Waals surface area contributed by atoms with E-state index in [0.29, 0.717) is 12.0 Å². The molecule has 0 fully saturated rings. The van der Waals surface area contributed by atoms with E-state index in [-0.39, 0.29) is 16.5 Å². The zero-order chi connectivity index (χ0) is 26.4. The molecule has 1 N–H and O–H groups in total. The Bertz CT molecular complexity index is 1820. The first-order valence-electron chi connectivity index (χ1n) is 12.6. The summed E-state index contributed by atoms with van der Waals surface area (Å²) >= 11 is 0. The Labute approximate surface area is 221 Å². The molecule has 3 aromatic rings. The summed E-state index contributed by atoms with van der Waals surface area (Å²) in [7, 11) is -3.91. The Kier molecular flexibility index (Phi) is 5.88. The average molecular weight is 523 g/mol. The van der Waals surface area contributed by atoms with Gasteiger partial charge in [-0.05, 0) is 70.7 Å². The van der Waals surface area contributed by atoms with E-state index in [2.05, 4.69) is 35.7 Å². The lowest BCUT2D eigenvalue weighted by atomic mass is 9.81. The van der Waals surface area contributed by atoms with E-state index >= 15 is 0 Å². The molecule has 2 unspecified atom stereocenters. The van der Waals surface area contributed by atoms with Gasteiger partial charge in [0.15, 0.2) is 9.84 Å². The summed E-state index contributed by atoms with van der Waals surface area (Å²) in [4.78, 5) is 11.0. The Balaban J connectivity index is 1.57. The maximum atomic E-state index is 14.0. The van der Waals surface area contributed by atoms with Crippen LogP contribution in [-0.4, -0.2) is 18.6 Å². The van der Waals surface area contributed by atoms with Crippen LogP contribution < -0.4 is 15.8 Å². The molecular formula is C31H26N2O4S. The van der Waals surface area contributed by atoms with Crippen molar-refractivity contribution in [2.75, 3.05) is 0 Å². The lowest BCUT2D eigenvalue weighted by Crippen LogP contribution is -2.41. The van der Waals surface area contributed by atoms with Crippen molar-refractivity contribution in [2.45, 2.75) is 35.8 Å². The number of sulfone groups is 1. The SMILES string of the molecule is Cc1ccc(S(=O)(=O)C2C=c3c(ccc4c3=CCc3ccccc3-4)C(C3=CC=CC=CN3)C2)cc1[N+](=O)[O-]. The number of rotatable bonds is 4. The molecule has 38 heavy (non-hydrogen) atoms. The zero-order valence-electron chi connectivity index (χ0n) is 20.8. The monoisotopic (exact) mass is 522 g/mol. The van der Waals surface area contributed by atoms with Gasteiger partial charge < -0.3 is 5.32 Å². The molecule has 3 aromatic carbocycles. The van der Waals surface area contributed by atoms with Crippen LogP contribution in [0.1, 0.15) is 29.0 Å². The second kappa shape index (κ2) is 9.26. The van der Waals surface area contributed by atoms with Crippen molar-refractivity contribution in [3.8, 4) is 11.1 Å². The number of nitro groups is 1. The van der Waals surface area contributed by atoms with Crippen LogP contribution in [0.4, 0.5) is 5.69 Å². The Morgan fingerprint density at radius 1 is 0.974 bits per heavy atom. The van der Waals surface area contributed by atoms with Crippen molar-refractivity contribution in [1.82, 2.24) is 5.32 Å². The molecule has 0 amide bonds. The molecule has 0 spiro atoms. The number of aryl methyl sites for hydroxylation is 1. The number of fused-ring (bicyclic) bond motifs is 5. The van der Waals surface area contributed by atoms with Crippen molar-refractivity contribution in [3.63, 3.8) is 0 Å². The third kappa shape index (κ3) is 4.00. The van der Waals surface area contributed by atoms with Gasteiger partial charge in [-0.1, -0.05) is 66.8 Å². The number of benzene rings is 3. The smallest absolute Gasteiger partial charge is 0.273 e. The van der Waals surface area contributed by atoms with Crippen LogP contribution in [0.15, 0.2) is 95.7 Å².